The summed E-state index contributed by atoms with van der Waals surface area (Å²) in [5.41, 5.74) is 9.34. The van der Waals surface area contributed by atoms with E-state index in [2.05, 4.69) is 31.6 Å². The van der Waals surface area contributed by atoms with Gasteiger partial charge in [-0.05, 0) is 55.9 Å². The molecule has 4 N–H and O–H groups in total. The molecule has 0 atom stereocenters. The minimum absolute atomic E-state index is 0.0370. The van der Waals surface area contributed by atoms with Crippen molar-refractivity contribution >= 4 is 23.2 Å². The number of methoxy groups -OCH3 is 1. The number of nitrogen functional groups attached to an aromatic ring is 1. The molecule has 1 saturated carbocycles. The number of anilines is 3. The van der Waals surface area contributed by atoms with Crippen molar-refractivity contribution < 1.29 is 9.53 Å². The number of nitrogens with two attached hydrogens (primary N) is 1. The van der Waals surface area contributed by atoms with E-state index in [9.17, 15) is 4.79 Å². The van der Waals surface area contributed by atoms with Gasteiger partial charge in [-0.25, -0.2) is 9.97 Å². The maximum absolute atomic E-state index is 12.9. The first kappa shape index (κ1) is 19.1. The topological polar surface area (TPSA) is 105 Å². The van der Waals surface area contributed by atoms with Gasteiger partial charge in [0.25, 0.3) is 5.91 Å². The molecular formula is C22H28N6O2. The van der Waals surface area contributed by atoms with E-state index in [1.807, 2.05) is 13.0 Å². The lowest BCUT2D eigenvalue weighted by atomic mass is 9.79. The third kappa shape index (κ3) is 2.98. The molecule has 1 aliphatic carbocycles. The molecule has 0 bridgehead atoms. The molecular weight excluding hydrogens is 380 g/mol. The maximum Gasteiger partial charge on any atom is 0.252 e. The van der Waals surface area contributed by atoms with E-state index < -0.39 is 0 Å². The van der Waals surface area contributed by atoms with Crippen LogP contribution < -0.4 is 21.1 Å². The first-order valence-corrected chi connectivity index (χ1v) is 10.6. The predicted molar refractivity (Wildman–Crippen MR) is 115 cm³/mol. The highest BCUT2D eigenvalue weighted by atomic mass is 16.5. The van der Waals surface area contributed by atoms with Gasteiger partial charge in [0, 0.05) is 30.4 Å². The van der Waals surface area contributed by atoms with Crippen LogP contribution in [0.4, 0.5) is 17.3 Å². The van der Waals surface area contributed by atoms with Crippen LogP contribution in [0.3, 0.4) is 0 Å². The molecule has 1 amide bonds. The lowest BCUT2D eigenvalue weighted by Gasteiger charge is -2.45. The van der Waals surface area contributed by atoms with E-state index in [0.29, 0.717) is 11.6 Å². The Morgan fingerprint density at radius 2 is 2.03 bits per heavy atom. The molecule has 2 fully saturated rings. The zero-order valence-corrected chi connectivity index (χ0v) is 17.5. The molecule has 3 heterocycles. The number of amides is 1. The number of piperidine rings is 1. The monoisotopic (exact) mass is 408 g/mol. The van der Waals surface area contributed by atoms with Crippen molar-refractivity contribution in [2.24, 2.45) is 0 Å². The van der Waals surface area contributed by atoms with Gasteiger partial charge in [0.1, 0.15) is 6.33 Å². The number of aromatic nitrogens is 2. The minimum atomic E-state index is -0.288. The van der Waals surface area contributed by atoms with E-state index in [0.717, 1.165) is 54.4 Å². The van der Waals surface area contributed by atoms with Crippen LogP contribution >= 0.6 is 0 Å². The van der Waals surface area contributed by atoms with Gasteiger partial charge in [0.05, 0.1) is 12.6 Å². The standard InChI is InChI=1S/C22H28N6O2/c1-13-10-14(26-20-18(30-2)19(23)24-12-25-20)11-16-17(13)21(29)27-22(16)6-8-28(9-7-22)15-4-3-5-15/h10-12,15H,3-9H2,1-2H3,(H,27,29)(H3,23,24,25,26). The van der Waals surface area contributed by atoms with Crippen molar-refractivity contribution in [2.75, 3.05) is 31.2 Å². The van der Waals surface area contributed by atoms with Crippen LogP contribution in [-0.2, 0) is 5.54 Å². The number of nitrogens with zero attached hydrogens (tertiary/aromatic N) is 3. The third-order valence-electron chi connectivity index (χ3n) is 6.97. The SMILES string of the molecule is COc1c(N)ncnc1Nc1cc(C)c2c(c1)C1(CCN(C3CCC3)CC1)NC2=O. The van der Waals surface area contributed by atoms with Crippen LogP contribution in [0.25, 0.3) is 0 Å². The van der Waals surface area contributed by atoms with E-state index in [-0.39, 0.29) is 17.3 Å². The zero-order valence-electron chi connectivity index (χ0n) is 17.5. The number of hydrogen-bond acceptors (Lipinski definition) is 7. The Kier molecular flexibility index (Phi) is 4.54. The molecule has 5 rings (SSSR count). The largest absolute Gasteiger partial charge is 0.490 e. The number of fused-ring (bicyclic) bond motifs is 2. The molecule has 2 aliphatic heterocycles. The van der Waals surface area contributed by atoms with Crippen LogP contribution in [0.15, 0.2) is 18.5 Å². The summed E-state index contributed by atoms with van der Waals surface area (Å²) in [5, 5.41) is 6.64. The van der Waals surface area contributed by atoms with Gasteiger partial charge in [-0.15, -0.1) is 0 Å². The number of carbonyl (C=O) groups excluding carboxylic acids is 1. The average Bonchev–Trinajstić information content (AvgIpc) is 2.94. The summed E-state index contributed by atoms with van der Waals surface area (Å²) in [4.78, 5) is 23.7. The Morgan fingerprint density at radius 3 is 2.70 bits per heavy atom. The van der Waals surface area contributed by atoms with Crippen LogP contribution in [0.1, 0.15) is 53.6 Å². The van der Waals surface area contributed by atoms with Gasteiger partial charge in [-0.1, -0.05) is 6.42 Å². The van der Waals surface area contributed by atoms with Crippen LogP contribution in [-0.4, -0.2) is 47.0 Å². The summed E-state index contributed by atoms with van der Waals surface area (Å²) in [5.74, 6) is 1.24. The second kappa shape index (κ2) is 7.12. The molecule has 0 radical (unpaired) electrons. The molecule has 3 aliphatic rings. The minimum Gasteiger partial charge on any atom is -0.490 e. The summed E-state index contributed by atoms with van der Waals surface area (Å²) < 4.78 is 5.36. The number of ether oxygens (including phenoxy) is 1. The van der Waals surface area contributed by atoms with Crippen molar-refractivity contribution in [1.29, 1.82) is 0 Å². The quantitative estimate of drug-likeness (QED) is 0.714. The number of benzene rings is 1. The summed E-state index contributed by atoms with van der Waals surface area (Å²) in [6.45, 7) is 4.03. The molecule has 0 unspecified atom stereocenters. The van der Waals surface area contributed by atoms with E-state index in [1.165, 1.54) is 25.6 Å². The van der Waals surface area contributed by atoms with Crippen LogP contribution in [0, 0.1) is 6.92 Å². The molecule has 1 saturated heterocycles. The Bertz CT molecular complexity index is 995. The summed E-state index contributed by atoms with van der Waals surface area (Å²) in [7, 11) is 1.54. The van der Waals surface area contributed by atoms with E-state index in [4.69, 9.17) is 10.5 Å². The molecule has 158 valence electrons. The fourth-order valence-electron chi connectivity index (χ4n) is 5.12. The molecule has 1 aromatic heterocycles. The first-order chi connectivity index (χ1) is 14.5. The molecule has 30 heavy (non-hydrogen) atoms. The number of aryl methyl sites for hydroxylation is 1. The highest BCUT2D eigenvalue weighted by Gasteiger charge is 2.46. The van der Waals surface area contributed by atoms with Gasteiger partial charge in [0.2, 0.25) is 5.75 Å². The van der Waals surface area contributed by atoms with Gasteiger partial charge in [-0.2, -0.15) is 0 Å². The smallest absolute Gasteiger partial charge is 0.252 e. The number of likely N-dealkylation sites (tertiary alicyclic amines) is 1. The second-order valence-electron chi connectivity index (χ2n) is 8.64. The Labute approximate surface area is 176 Å². The van der Waals surface area contributed by atoms with Crippen molar-refractivity contribution in [1.82, 2.24) is 20.2 Å². The molecule has 2 aromatic rings. The van der Waals surface area contributed by atoms with Crippen LogP contribution in [0.5, 0.6) is 5.75 Å². The fourth-order valence-corrected chi connectivity index (χ4v) is 5.12. The molecule has 1 aromatic carbocycles. The predicted octanol–water partition coefficient (Wildman–Crippen LogP) is 2.71. The Balaban J connectivity index is 1.46. The molecule has 8 nitrogen and oxygen atoms in total. The number of rotatable bonds is 4. The first-order valence-electron chi connectivity index (χ1n) is 10.6. The van der Waals surface area contributed by atoms with E-state index in [1.54, 1.807) is 7.11 Å². The van der Waals surface area contributed by atoms with E-state index >= 15 is 0 Å². The molecule has 8 heteroatoms. The Morgan fingerprint density at radius 1 is 1.27 bits per heavy atom. The van der Waals surface area contributed by atoms with Gasteiger partial charge in [0.15, 0.2) is 11.6 Å². The van der Waals surface area contributed by atoms with Gasteiger partial charge in [-0.3, -0.25) is 4.79 Å². The normalized spacial score (nSPS) is 20.5. The lowest BCUT2D eigenvalue weighted by molar-refractivity contribution is 0.0603. The van der Waals surface area contributed by atoms with Crippen molar-refractivity contribution in [3.63, 3.8) is 0 Å². The maximum atomic E-state index is 12.9. The van der Waals surface area contributed by atoms with Crippen LogP contribution in [0.2, 0.25) is 0 Å². The van der Waals surface area contributed by atoms with Crippen molar-refractivity contribution in [2.45, 2.75) is 50.6 Å². The highest BCUT2D eigenvalue weighted by molar-refractivity contribution is 6.02. The lowest BCUT2D eigenvalue weighted by Crippen LogP contribution is -2.53. The zero-order chi connectivity index (χ0) is 20.9. The highest BCUT2D eigenvalue weighted by Crippen LogP contribution is 2.44. The summed E-state index contributed by atoms with van der Waals surface area (Å²) in [6.07, 6.45) is 7.25. The average molecular weight is 409 g/mol. The summed E-state index contributed by atoms with van der Waals surface area (Å²) in [6, 6.07) is 4.79. The van der Waals surface area contributed by atoms with Crippen molar-refractivity contribution in [3.05, 3.63) is 35.2 Å². The van der Waals surface area contributed by atoms with Gasteiger partial charge < -0.3 is 26.0 Å². The second-order valence-corrected chi connectivity index (χ2v) is 8.64. The Hall–Kier alpha value is -2.87. The number of nitrogens with one attached hydrogen (secondary N) is 2. The fraction of sp³-hybridized carbons (Fsp3) is 0.500. The molecule has 1 spiro atoms. The van der Waals surface area contributed by atoms with Gasteiger partial charge >= 0.3 is 0 Å². The number of carbonyl (C=O) groups is 1. The number of hydrogen-bond donors (Lipinski definition) is 3. The third-order valence-corrected chi connectivity index (χ3v) is 6.97. The summed E-state index contributed by atoms with van der Waals surface area (Å²) >= 11 is 0. The van der Waals surface area contributed by atoms with Crippen molar-refractivity contribution in [3.8, 4) is 5.75 Å².